The maximum atomic E-state index is 11.8. The monoisotopic (exact) mass is 308 g/mol. The van der Waals surface area contributed by atoms with Gasteiger partial charge in [0.15, 0.2) is 12.2 Å². The SMILES string of the molecule is N#Cc1ccsc1NC(=O)COC(=O)C1(O)CCCCC1. The highest BCUT2D eigenvalue weighted by Gasteiger charge is 2.38. The molecule has 0 bridgehead atoms. The number of esters is 1. The normalized spacial score (nSPS) is 16.8. The van der Waals surface area contributed by atoms with Crippen molar-refractivity contribution in [3.63, 3.8) is 0 Å². The molecule has 0 spiro atoms. The highest BCUT2D eigenvalue weighted by Crippen LogP contribution is 2.29. The van der Waals surface area contributed by atoms with Crippen molar-refractivity contribution in [1.29, 1.82) is 5.26 Å². The van der Waals surface area contributed by atoms with Crippen LogP contribution < -0.4 is 5.32 Å². The summed E-state index contributed by atoms with van der Waals surface area (Å²) in [5, 5.41) is 23.6. The van der Waals surface area contributed by atoms with Crippen LogP contribution in [0.2, 0.25) is 0 Å². The molecule has 0 aromatic carbocycles. The smallest absolute Gasteiger partial charge is 0.338 e. The van der Waals surface area contributed by atoms with Crippen molar-refractivity contribution in [2.24, 2.45) is 0 Å². The van der Waals surface area contributed by atoms with E-state index in [1.165, 1.54) is 11.3 Å². The van der Waals surface area contributed by atoms with Crippen LogP contribution in [0.25, 0.3) is 0 Å². The number of carbonyl (C=O) groups excluding carboxylic acids is 2. The van der Waals surface area contributed by atoms with Crippen molar-refractivity contribution in [3.8, 4) is 6.07 Å². The summed E-state index contributed by atoms with van der Waals surface area (Å²) in [6.07, 6.45) is 3.29. The minimum absolute atomic E-state index is 0.366. The molecule has 21 heavy (non-hydrogen) atoms. The molecule has 7 heteroatoms. The van der Waals surface area contributed by atoms with Crippen LogP contribution in [-0.4, -0.2) is 29.2 Å². The maximum Gasteiger partial charge on any atom is 0.338 e. The highest BCUT2D eigenvalue weighted by atomic mass is 32.1. The van der Waals surface area contributed by atoms with Gasteiger partial charge in [0.2, 0.25) is 0 Å². The van der Waals surface area contributed by atoms with Crippen molar-refractivity contribution in [2.75, 3.05) is 11.9 Å². The van der Waals surface area contributed by atoms with Crippen molar-refractivity contribution < 1.29 is 19.4 Å². The Balaban J connectivity index is 1.84. The standard InChI is InChI=1S/C14H16N2O4S/c15-8-10-4-7-21-12(10)16-11(17)9-20-13(18)14(19)5-2-1-3-6-14/h4,7,19H,1-3,5-6,9H2,(H,16,17). The molecule has 1 amide bonds. The first-order valence-corrected chi connectivity index (χ1v) is 7.60. The fraction of sp³-hybridized carbons (Fsp3) is 0.500. The second kappa shape index (κ2) is 6.70. The zero-order valence-electron chi connectivity index (χ0n) is 11.4. The molecule has 1 aliphatic rings. The van der Waals surface area contributed by atoms with E-state index < -0.39 is 24.1 Å². The highest BCUT2D eigenvalue weighted by molar-refractivity contribution is 7.14. The number of hydrogen-bond donors (Lipinski definition) is 2. The summed E-state index contributed by atoms with van der Waals surface area (Å²) in [6, 6.07) is 3.55. The first kappa shape index (κ1) is 15.5. The van der Waals surface area contributed by atoms with Crippen molar-refractivity contribution in [2.45, 2.75) is 37.7 Å². The Morgan fingerprint density at radius 3 is 2.81 bits per heavy atom. The van der Waals surface area contributed by atoms with Crippen molar-refractivity contribution >= 4 is 28.2 Å². The lowest BCUT2D eigenvalue weighted by Crippen LogP contribution is -2.42. The summed E-state index contributed by atoms with van der Waals surface area (Å²) in [7, 11) is 0. The van der Waals surface area contributed by atoms with Crippen molar-refractivity contribution in [1.82, 2.24) is 0 Å². The summed E-state index contributed by atoms with van der Waals surface area (Å²) < 4.78 is 4.89. The molecule has 0 radical (unpaired) electrons. The average Bonchev–Trinajstić information content (AvgIpc) is 2.92. The van der Waals surface area contributed by atoms with E-state index in [-0.39, 0.29) is 0 Å². The number of ether oxygens (including phenoxy) is 1. The number of hydrogen-bond acceptors (Lipinski definition) is 6. The molecule has 0 saturated heterocycles. The van der Waals surface area contributed by atoms with E-state index in [9.17, 15) is 14.7 Å². The van der Waals surface area contributed by atoms with Crippen LogP contribution in [0.3, 0.4) is 0 Å². The Bertz CT molecular complexity index is 570. The molecular weight excluding hydrogens is 292 g/mol. The molecule has 1 fully saturated rings. The zero-order valence-corrected chi connectivity index (χ0v) is 12.2. The van der Waals surface area contributed by atoms with E-state index in [0.29, 0.717) is 23.4 Å². The van der Waals surface area contributed by atoms with Gasteiger partial charge in [0.25, 0.3) is 5.91 Å². The fourth-order valence-electron chi connectivity index (χ4n) is 2.26. The third-order valence-corrected chi connectivity index (χ3v) is 4.26. The second-order valence-electron chi connectivity index (χ2n) is 4.99. The Morgan fingerprint density at radius 2 is 2.14 bits per heavy atom. The van der Waals surface area contributed by atoms with Gasteiger partial charge in [-0.25, -0.2) is 4.79 Å². The van der Waals surface area contributed by atoms with E-state index >= 15 is 0 Å². The van der Waals surface area contributed by atoms with Gasteiger partial charge in [-0.15, -0.1) is 11.3 Å². The third-order valence-electron chi connectivity index (χ3n) is 3.43. The van der Waals surface area contributed by atoms with E-state index in [2.05, 4.69) is 5.32 Å². The quantitative estimate of drug-likeness (QED) is 0.826. The summed E-state index contributed by atoms with van der Waals surface area (Å²) in [5.41, 5.74) is -1.09. The zero-order chi connectivity index (χ0) is 15.3. The molecule has 0 aliphatic heterocycles. The predicted octanol–water partition coefficient (Wildman–Crippen LogP) is 1.80. The number of amides is 1. The molecular formula is C14H16N2O4S. The Kier molecular flexibility index (Phi) is 4.94. The van der Waals surface area contributed by atoms with Gasteiger partial charge >= 0.3 is 5.97 Å². The molecule has 1 aromatic rings. The topological polar surface area (TPSA) is 99.4 Å². The number of carbonyl (C=O) groups is 2. The molecule has 112 valence electrons. The summed E-state index contributed by atoms with van der Waals surface area (Å²) >= 11 is 1.22. The lowest BCUT2D eigenvalue weighted by molar-refractivity contribution is -0.170. The Labute approximate surface area is 126 Å². The van der Waals surface area contributed by atoms with Crippen LogP contribution in [0.4, 0.5) is 5.00 Å². The number of thiophene rings is 1. The van der Waals surface area contributed by atoms with E-state index in [1.54, 1.807) is 11.4 Å². The molecule has 1 aliphatic carbocycles. The predicted molar refractivity (Wildman–Crippen MR) is 76.7 cm³/mol. The lowest BCUT2D eigenvalue weighted by Gasteiger charge is -2.29. The van der Waals surface area contributed by atoms with Crippen LogP contribution in [0, 0.1) is 11.3 Å². The van der Waals surface area contributed by atoms with Crippen LogP contribution in [-0.2, 0) is 14.3 Å². The molecule has 0 atom stereocenters. The first-order valence-electron chi connectivity index (χ1n) is 6.72. The maximum absolute atomic E-state index is 11.8. The molecule has 2 rings (SSSR count). The summed E-state index contributed by atoms with van der Waals surface area (Å²) in [5.74, 6) is -1.27. The number of rotatable bonds is 4. The molecule has 2 N–H and O–H groups in total. The van der Waals surface area contributed by atoms with Gasteiger partial charge in [0.05, 0.1) is 5.56 Å². The van der Waals surface area contributed by atoms with Gasteiger partial charge in [0, 0.05) is 0 Å². The van der Waals surface area contributed by atoms with E-state index in [4.69, 9.17) is 10.00 Å². The van der Waals surface area contributed by atoms with E-state index in [0.717, 1.165) is 19.3 Å². The number of nitriles is 1. The summed E-state index contributed by atoms with van der Waals surface area (Å²) in [4.78, 5) is 23.5. The molecule has 1 saturated carbocycles. The summed E-state index contributed by atoms with van der Waals surface area (Å²) in [6.45, 7) is -0.468. The molecule has 6 nitrogen and oxygen atoms in total. The van der Waals surface area contributed by atoms with Crippen molar-refractivity contribution in [3.05, 3.63) is 17.0 Å². The van der Waals surface area contributed by atoms with Crippen LogP contribution in [0.15, 0.2) is 11.4 Å². The number of nitrogens with zero attached hydrogens (tertiary/aromatic N) is 1. The van der Waals surface area contributed by atoms with Crippen LogP contribution >= 0.6 is 11.3 Å². The minimum Gasteiger partial charge on any atom is -0.453 e. The van der Waals surface area contributed by atoms with Crippen LogP contribution in [0.5, 0.6) is 0 Å². The van der Waals surface area contributed by atoms with Gasteiger partial charge in [-0.2, -0.15) is 5.26 Å². The Morgan fingerprint density at radius 1 is 1.43 bits per heavy atom. The van der Waals surface area contributed by atoms with Gasteiger partial charge in [-0.1, -0.05) is 6.42 Å². The Hall–Kier alpha value is -1.91. The van der Waals surface area contributed by atoms with Gasteiger partial charge in [-0.05, 0) is 37.1 Å². The number of aliphatic hydroxyl groups is 1. The average molecular weight is 308 g/mol. The third kappa shape index (κ3) is 3.80. The molecule has 0 unspecified atom stereocenters. The number of nitrogens with one attached hydrogen (secondary N) is 1. The van der Waals surface area contributed by atoms with E-state index in [1.807, 2.05) is 6.07 Å². The van der Waals surface area contributed by atoms with Crippen LogP contribution in [0.1, 0.15) is 37.7 Å². The molecule has 1 aromatic heterocycles. The van der Waals surface area contributed by atoms with Gasteiger partial charge in [-0.3, -0.25) is 4.79 Å². The number of anilines is 1. The van der Waals surface area contributed by atoms with Gasteiger partial charge < -0.3 is 15.2 Å². The van der Waals surface area contributed by atoms with Gasteiger partial charge in [0.1, 0.15) is 11.1 Å². The first-order chi connectivity index (χ1) is 10.0. The molecule has 1 heterocycles. The second-order valence-corrected chi connectivity index (χ2v) is 5.91. The fourth-order valence-corrected chi connectivity index (χ4v) is 3.02. The minimum atomic E-state index is -1.46. The largest absolute Gasteiger partial charge is 0.453 e. The lowest BCUT2D eigenvalue weighted by atomic mass is 9.85.